The van der Waals surface area contributed by atoms with Crippen molar-refractivity contribution in [3.05, 3.63) is 50.7 Å². The summed E-state index contributed by atoms with van der Waals surface area (Å²) in [4.78, 5) is 9.81. The van der Waals surface area contributed by atoms with E-state index in [0.717, 1.165) is 10.7 Å². The molecule has 5 nitrogen and oxygen atoms in total. The second kappa shape index (κ2) is 4.21. The minimum absolute atomic E-state index is 0.266. The average molecular weight is 304 g/mol. The van der Waals surface area contributed by atoms with Gasteiger partial charge in [0, 0.05) is 18.3 Å². The van der Waals surface area contributed by atoms with E-state index >= 15 is 0 Å². The van der Waals surface area contributed by atoms with Gasteiger partial charge >= 0.3 is 5.69 Å². The minimum atomic E-state index is -1.24. The minimum Gasteiger partial charge on any atom is -0.258 e. The zero-order valence-corrected chi connectivity index (χ0v) is 9.69. The quantitative estimate of drug-likeness (QED) is 0.633. The van der Waals surface area contributed by atoms with E-state index in [4.69, 9.17) is 0 Å². The summed E-state index contributed by atoms with van der Waals surface area (Å²) in [6.07, 6.45) is 2.72. The highest BCUT2D eigenvalue weighted by Gasteiger charge is 2.23. The normalized spacial score (nSPS) is 10.5. The molecule has 0 aliphatic heterocycles. The number of aromatic nitrogens is 2. The van der Waals surface area contributed by atoms with E-state index in [1.54, 1.807) is 0 Å². The van der Waals surface area contributed by atoms with Gasteiger partial charge in [-0.3, -0.25) is 10.1 Å². The number of rotatable bonds is 2. The summed E-state index contributed by atoms with van der Waals surface area (Å²) >= 11 is 3.09. The molecule has 0 amide bonds. The zero-order valence-electron chi connectivity index (χ0n) is 8.10. The smallest absolute Gasteiger partial charge is 0.258 e. The summed E-state index contributed by atoms with van der Waals surface area (Å²) in [6, 6.07) is 1.31. The largest absolute Gasteiger partial charge is 0.330 e. The Bertz CT molecular complexity index is 600. The van der Waals surface area contributed by atoms with Crippen LogP contribution in [0.4, 0.5) is 14.5 Å². The highest BCUT2D eigenvalue weighted by atomic mass is 79.9. The predicted octanol–water partition coefficient (Wildman–Crippen LogP) is 2.82. The van der Waals surface area contributed by atoms with Gasteiger partial charge in [-0.2, -0.15) is 9.49 Å². The lowest BCUT2D eigenvalue weighted by Gasteiger charge is -2.03. The monoisotopic (exact) mass is 303 g/mol. The molecular weight excluding hydrogens is 300 g/mol. The van der Waals surface area contributed by atoms with Crippen LogP contribution in [-0.2, 0) is 0 Å². The SMILES string of the molecule is O=[N+]([O-])c1c(F)cc(F)cc1-n1cc(Br)cn1. The van der Waals surface area contributed by atoms with Crippen LogP contribution < -0.4 is 0 Å². The van der Waals surface area contributed by atoms with Gasteiger partial charge in [0.1, 0.15) is 11.5 Å². The molecule has 0 atom stereocenters. The first-order valence-electron chi connectivity index (χ1n) is 4.33. The van der Waals surface area contributed by atoms with E-state index in [0.29, 0.717) is 10.5 Å². The van der Waals surface area contributed by atoms with Gasteiger partial charge in [0.05, 0.1) is 15.6 Å². The maximum absolute atomic E-state index is 13.3. The fraction of sp³-hybridized carbons (Fsp3) is 0. The summed E-state index contributed by atoms with van der Waals surface area (Å²) in [5, 5.41) is 14.5. The molecule has 1 heterocycles. The van der Waals surface area contributed by atoms with Crippen LogP contribution in [0.5, 0.6) is 0 Å². The molecule has 0 saturated heterocycles. The van der Waals surface area contributed by atoms with Crippen LogP contribution in [0.25, 0.3) is 5.69 Å². The molecule has 1 aromatic heterocycles. The van der Waals surface area contributed by atoms with Crippen molar-refractivity contribution in [1.82, 2.24) is 9.78 Å². The van der Waals surface area contributed by atoms with Crippen LogP contribution in [-0.4, -0.2) is 14.7 Å². The molecule has 0 aliphatic rings. The molecule has 17 heavy (non-hydrogen) atoms. The number of nitrogens with zero attached hydrogens (tertiary/aromatic N) is 3. The Balaban J connectivity index is 2.71. The Morgan fingerprint density at radius 3 is 2.65 bits per heavy atom. The number of halogens is 3. The van der Waals surface area contributed by atoms with Gasteiger partial charge in [-0.25, -0.2) is 9.07 Å². The summed E-state index contributed by atoms with van der Waals surface area (Å²) in [5.74, 6) is -2.15. The van der Waals surface area contributed by atoms with E-state index in [-0.39, 0.29) is 5.69 Å². The highest BCUT2D eigenvalue weighted by molar-refractivity contribution is 9.10. The van der Waals surface area contributed by atoms with E-state index in [1.165, 1.54) is 12.4 Å². The number of nitro groups is 1. The Morgan fingerprint density at radius 2 is 2.12 bits per heavy atom. The van der Waals surface area contributed by atoms with Gasteiger partial charge in [-0.1, -0.05) is 0 Å². The second-order valence-corrected chi connectivity index (χ2v) is 4.03. The van der Waals surface area contributed by atoms with Gasteiger partial charge < -0.3 is 0 Å². The summed E-state index contributed by atoms with van der Waals surface area (Å²) < 4.78 is 27.9. The van der Waals surface area contributed by atoms with Crippen molar-refractivity contribution in [2.45, 2.75) is 0 Å². The Hall–Kier alpha value is -1.83. The van der Waals surface area contributed by atoms with E-state index in [9.17, 15) is 18.9 Å². The van der Waals surface area contributed by atoms with E-state index in [2.05, 4.69) is 21.0 Å². The summed E-state index contributed by atoms with van der Waals surface area (Å²) in [6.45, 7) is 0. The first kappa shape index (κ1) is 11.6. The molecule has 1 aromatic carbocycles. The molecule has 0 radical (unpaired) electrons. The maximum Gasteiger partial charge on any atom is 0.330 e. The lowest BCUT2D eigenvalue weighted by molar-refractivity contribution is -0.387. The van der Waals surface area contributed by atoms with Gasteiger partial charge in [0.2, 0.25) is 5.82 Å². The van der Waals surface area contributed by atoms with Crippen molar-refractivity contribution < 1.29 is 13.7 Å². The molecule has 88 valence electrons. The van der Waals surface area contributed by atoms with Gasteiger partial charge in [0.15, 0.2) is 0 Å². The van der Waals surface area contributed by atoms with Crippen LogP contribution in [0.2, 0.25) is 0 Å². The molecule has 2 rings (SSSR count). The Kier molecular flexibility index (Phi) is 2.88. The van der Waals surface area contributed by atoms with Gasteiger partial charge in [-0.05, 0) is 15.9 Å². The third-order valence-electron chi connectivity index (χ3n) is 1.99. The standard InChI is InChI=1S/C9H4BrF2N3O2/c10-5-3-13-14(4-5)8-2-6(11)1-7(12)9(8)15(16)17/h1-4H. The van der Waals surface area contributed by atoms with E-state index < -0.39 is 22.2 Å². The fourth-order valence-corrected chi connectivity index (χ4v) is 1.63. The predicted molar refractivity (Wildman–Crippen MR) is 57.8 cm³/mol. The van der Waals surface area contributed by atoms with Crippen LogP contribution >= 0.6 is 15.9 Å². The Morgan fingerprint density at radius 1 is 1.41 bits per heavy atom. The Labute approximate surface area is 102 Å². The molecule has 0 aliphatic carbocycles. The fourth-order valence-electron chi connectivity index (χ4n) is 1.34. The third-order valence-corrected chi connectivity index (χ3v) is 2.40. The molecule has 0 fully saturated rings. The van der Waals surface area contributed by atoms with Gasteiger partial charge in [0.25, 0.3) is 0 Å². The molecular formula is C9H4BrF2N3O2. The van der Waals surface area contributed by atoms with Crippen LogP contribution in [0, 0.1) is 21.7 Å². The number of hydrogen-bond donors (Lipinski definition) is 0. The van der Waals surface area contributed by atoms with Crippen LogP contribution in [0.1, 0.15) is 0 Å². The molecule has 0 saturated carbocycles. The van der Waals surface area contributed by atoms with Crippen LogP contribution in [0.15, 0.2) is 29.0 Å². The summed E-state index contributed by atoms with van der Waals surface area (Å²) in [7, 11) is 0. The molecule has 0 unspecified atom stereocenters. The molecule has 2 aromatic rings. The molecule has 0 spiro atoms. The molecule has 0 bridgehead atoms. The average Bonchev–Trinajstić information content (AvgIpc) is 2.62. The molecule has 0 N–H and O–H groups in total. The highest BCUT2D eigenvalue weighted by Crippen LogP contribution is 2.27. The van der Waals surface area contributed by atoms with Crippen molar-refractivity contribution in [2.24, 2.45) is 0 Å². The first-order chi connectivity index (χ1) is 7.99. The second-order valence-electron chi connectivity index (χ2n) is 3.12. The van der Waals surface area contributed by atoms with Crippen molar-refractivity contribution in [2.75, 3.05) is 0 Å². The molecule has 8 heteroatoms. The number of hydrogen-bond acceptors (Lipinski definition) is 3. The third kappa shape index (κ3) is 2.16. The first-order valence-corrected chi connectivity index (χ1v) is 5.12. The number of benzene rings is 1. The lowest BCUT2D eigenvalue weighted by atomic mass is 10.2. The van der Waals surface area contributed by atoms with Crippen molar-refractivity contribution >= 4 is 21.6 Å². The van der Waals surface area contributed by atoms with Gasteiger partial charge in [-0.15, -0.1) is 0 Å². The van der Waals surface area contributed by atoms with Crippen molar-refractivity contribution in [3.8, 4) is 5.69 Å². The van der Waals surface area contributed by atoms with Crippen LogP contribution in [0.3, 0.4) is 0 Å². The topological polar surface area (TPSA) is 61.0 Å². The number of nitro benzene ring substituents is 1. The van der Waals surface area contributed by atoms with Crippen molar-refractivity contribution in [3.63, 3.8) is 0 Å². The zero-order chi connectivity index (χ0) is 12.6. The van der Waals surface area contributed by atoms with E-state index in [1.807, 2.05) is 0 Å². The summed E-state index contributed by atoms with van der Waals surface area (Å²) in [5.41, 5.74) is -1.08. The lowest BCUT2D eigenvalue weighted by Crippen LogP contribution is -2.04. The maximum atomic E-state index is 13.3. The van der Waals surface area contributed by atoms with Crippen molar-refractivity contribution in [1.29, 1.82) is 0 Å².